The van der Waals surface area contributed by atoms with Gasteiger partial charge in [-0.15, -0.1) is 0 Å². The van der Waals surface area contributed by atoms with Gasteiger partial charge in [-0.2, -0.15) is 5.10 Å². The molecule has 0 spiro atoms. The Kier molecular flexibility index (Phi) is 1.31. The van der Waals surface area contributed by atoms with E-state index in [1.54, 1.807) is 0 Å². The van der Waals surface area contributed by atoms with Gasteiger partial charge in [0.25, 0.3) is 0 Å². The maximum Gasteiger partial charge on any atom is 0.0687 e. The van der Waals surface area contributed by atoms with Crippen LogP contribution in [-0.4, -0.2) is 9.78 Å². The first-order valence-electron chi connectivity index (χ1n) is 4.20. The second kappa shape index (κ2) is 2.10. The molecule has 1 aromatic rings. The number of hydrogen-bond donors (Lipinski definition) is 0. The molecule has 2 rings (SSSR count). The molecule has 0 unspecified atom stereocenters. The molecule has 1 aliphatic carbocycles. The molecule has 1 aromatic heterocycles. The van der Waals surface area contributed by atoms with Crippen molar-refractivity contribution in [2.24, 2.45) is 7.05 Å². The normalized spacial score (nSPS) is 17.4. The Balaban J connectivity index is 2.46. The van der Waals surface area contributed by atoms with Crippen LogP contribution in [0.4, 0.5) is 0 Å². The minimum atomic E-state index is 0.787. The summed E-state index contributed by atoms with van der Waals surface area (Å²) in [5.74, 6) is 0.787. The lowest BCUT2D eigenvalue weighted by atomic mass is 10.1. The van der Waals surface area contributed by atoms with Gasteiger partial charge in [0.05, 0.1) is 5.69 Å². The first-order valence-corrected chi connectivity index (χ1v) is 4.20. The zero-order chi connectivity index (χ0) is 8.01. The minimum absolute atomic E-state index is 0.787. The summed E-state index contributed by atoms with van der Waals surface area (Å²) in [6.07, 6.45) is 2.69. The van der Waals surface area contributed by atoms with Crippen LogP contribution in [-0.2, 0) is 7.05 Å². The quantitative estimate of drug-likeness (QED) is 0.598. The van der Waals surface area contributed by atoms with E-state index >= 15 is 0 Å². The molecule has 0 aromatic carbocycles. The van der Waals surface area contributed by atoms with E-state index in [1.165, 1.54) is 29.8 Å². The van der Waals surface area contributed by atoms with Crippen LogP contribution in [0, 0.1) is 13.8 Å². The van der Waals surface area contributed by atoms with Crippen LogP contribution in [0.25, 0.3) is 0 Å². The molecular weight excluding hydrogens is 136 g/mol. The second-order valence-corrected chi connectivity index (χ2v) is 3.49. The average Bonchev–Trinajstić information content (AvgIpc) is 2.76. The van der Waals surface area contributed by atoms with Gasteiger partial charge in [0.15, 0.2) is 0 Å². The highest BCUT2D eigenvalue weighted by Crippen LogP contribution is 2.41. The summed E-state index contributed by atoms with van der Waals surface area (Å²) in [7, 11) is 2.02. The fraction of sp³-hybridized carbons (Fsp3) is 0.667. The van der Waals surface area contributed by atoms with Crippen LogP contribution >= 0.6 is 0 Å². The van der Waals surface area contributed by atoms with Crippen molar-refractivity contribution in [1.29, 1.82) is 0 Å². The van der Waals surface area contributed by atoms with Crippen molar-refractivity contribution in [1.82, 2.24) is 9.78 Å². The van der Waals surface area contributed by atoms with Crippen molar-refractivity contribution in [2.75, 3.05) is 0 Å². The summed E-state index contributed by atoms with van der Waals surface area (Å²) < 4.78 is 1.99. The average molecular weight is 150 g/mol. The largest absolute Gasteiger partial charge is 0.272 e. The molecule has 2 heteroatoms. The molecule has 1 aliphatic rings. The summed E-state index contributed by atoms with van der Waals surface area (Å²) in [5, 5.41) is 4.49. The van der Waals surface area contributed by atoms with Crippen molar-refractivity contribution in [3.8, 4) is 0 Å². The number of aryl methyl sites for hydroxylation is 1. The predicted octanol–water partition coefficient (Wildman–Crippen LogP) is 1.91. The van der Waals surface area contributed by atoms with E-state index in [0.29, 0.717) is 0 Å². The van der Waals surface area contributed by atoms with E-state index in [4.69, 9.17) is 0 Å². The third-order valence-electron chi connectivity index (χ3n) is 2.63. The molecule has 1 heterocycles. The van der Waals surface area contributed by atoms with Crippen molar-refractivity contribution in [3.63, 3.8) is 0 Å². The van der Waals surface area contributed by atoms with Crippen molar-refractivity contribution in [3.05, 3.63) is 17.0 Å². The van der Waals surface area contributed by atoms with Crippen molar-refractivity contribution >= 4 is 0 Å². The molecule has 1 fully saturated rings. The van der Waals surface area contributed by atoms with Gasteiger partial charge in [-0.1, -0.05) is 0 Å². The molecule has 11 heavy (non-hydrogen) atoms. The van der Waals surface area contributed by atoms with Gasteiger partial charge in [-0.25, -0.2) is 0 Å². The van der Waals surface area contributed by atoms with Gasteiger partial charge in [0.1, 0.15) is 0 Å². The van der Waals surface area contributed by atoms with Crippen LogP contribution in [0.15, 0.2) is 0 Å². The lowest BCUT2D eigenvalue weighted by Gasteiger charge is -1.91. The number of hydrogen-bond acceptors (Lipinski definition) is 1. The van der Waals surface area contributed by atoms with E-state index in [9.17, 15) is 0 Å². The first kappa shape index (κ1) is 6.89. The SMILES string of the molecule is Cc1c(C2CC2)nn(C)c1C. The van der Waals surface area contributed by atoms with Gasteiger partial charge in [-0.05, 0) is 32.3 Å². The summed E-state index contributed by atoms with van der Waals surface area (Å²) in [5.41, 5.74) is 4.05. The Morgan fingerprint density at radius 3 is 2.36 bits per heavy atom. The van der Waals surface area contributed by atoms with E-state index < -0.39 is 0 Å². The van der Waals surface area contributed by atoms with E-state index in [-0.39, 0.29) is 0 Å². The van der Waals surface area contributed by atoms with E-state index in [2.05, 4.69) is 18.9 Å². The monoisotopic (exact) mass is 150 g/mol. The fourth-order valence-corrected chi connectivity index (χ4v) is 1.48. The smallest absolute Gasteiger partial charge is 0.0687 e. The zero-order valence-electron chi connectivity index (χ0n) is 7.39. The van der Waals surface area contributed by atoms with Crippen LogP contribution in [0.5, 0.6) is 0 Å². The summed E-state index contributed by atoms with van der Waals surface area (Å²) in [6.45, 7) is 4.31. The molecule has 0 saturated heterocycles. The lowest BCUT2D eigenvalue weighted by molar-refractivity contribution is 0.721. The maximum absolute atomic E-state index is 4.49. The number of nitrogens with zero attached hydrogens (tertiary/aromatic N) is 2. The van der Waals surface area contributed by atoms with E-state index in [0.717, 1.165) is 5.92 Å². The third kappa shape index (κ3) is 0.971. The minimum Gasteiger partial charge on any atom is -0.272 e. The molecule has 0 N–H and O–H groups in total. The number of aromatic nitrogens is 2. The Morgan fingerprint density at radius 1 is 1.36 bits per heavy atom. The maximum atomic E-state index is 4.49. The van der Waals surface area contributed by atoms with Gasteiger partial charge in [-0.3, -0.25) is 4.68 Å². The standard InChI is InChI=1S/C9H14N2/c1-6-7(2)11(3)10-9(6)8-4-5-8/h8H,4-5H2,1-3H3. The number of rotatable bonds is 1. The Labute approximate surface area is 67.2 Å². The topological polar surface area (TPSA) is 17.8 Å². The molecule has 0 aliphatic heterocycles. The highest BCUT2D eigenvalue weighted by Gasteiger charge is 2.28. The van der Waals surface area contributed by atoms with Gasteiger partial charge < -0.3 is 0 Å². The third-order valence-corrected chi connectivity index (χ3v) is 2.63. The highest BCUT2D eigenvalue weighted by atomic mass is 15.3. The van der Waals surface area contributed by atoms with Crippen LogP contribution < -0.4 is 0 Å². The summed E-state index contributed by atoms with van der Waals surface area (Å²) >= 11 is 0. The first-order chi connectivity index (χ1) is 5.20. The van der Waals surface area contributed by atoms with Gasteiger partial charge in [0.2, 0.25) is 0 Å². The van der Waals surface area contributed by atoms with Crippen LogP contribution in [0.1, 0.15) is 35.7 Å². The Bertz CT molecular complexity index is 282. The highest BCUT2D eigenvalue weighted by molar-refractivity contribution is 5.29. The molecule has 0 atom stereocenters. The fourth-order valence-electron chi connectivity index (χ4n) is 1.48. The molecular formula is C9H14N2. The van der Waals surface area contributed by atoms with Gasteiger partial charge >= 0.3 is 0 Å². The van der Waals surface area contributed by atoms with Crippen LogP contribution in [0.2, 0.25) is 0 Å². The Morgan fingerprint density at radius 2 is 2.00 bits per heavy atom. The predicted molar refractivity (Wildman–Crippen MR) is 44.7 cm³/mol. The van der Waals surface area contributed by atoms with Crippen LogP contribution in [0.3, 0.4) is 0 Å². The zero-order valence-corrected chi connectivity index (χ0v) is 7.39. The molecule has 60 valence electrons. The summed E-state index contributed by atoms with van der Waals surface area (Å²) in [6, 6.07) is 0. The van der Waals surface area contributed by atoms with Crippen molar-refractivity contribution < 1.29 is 0 Å². The molecule has 0 amide bonds. The van der Waals surface area contributed by atoms with Crippen molar-refractivity contribution in [2.45, 2.75) is 32.6 Å². The lowest BCUT2D eigenvalue weighted by Crippen LogP contribution is -1.92. The second-order valence-electron chi connectivity index (χ2n) is 3.49. The molecule has 0 radical (unpaired) electrons. The molecule has 0 bridgehead atoms. The molecule has 1 saturated carbocycles. The Hall–Kier alpha value is -0.790. The van der Waals surface area contributed by atoms with E-state index in [1.807, 2.05) is 11.7 Å². The molecule has 2 nitrogen and oxygen atoms in total. The summed E-state index contributed by atoms with van der Waals surface area (Å²) in [4.78, 5) is 0. The van der Waals surface area contributed by atoms with Gasteiger partial charge in [0, 0.05) is 18.7 Å².